The van der Waals surface area contributed by atoms with Crippen LogP contribution in [0.1, 0.15) is 24.3 Å². The molecule has 4 heteroatoms. The highest BCUT2D eigenvalue weighted by atomic mass is 35.5. The van der Waals surface area contributed by atoms with Gasteiger partial charge in [0.2, 0.25) is 0 Å². The molecule has 0 radical (unpaired) electrons. The average Bonchev–Trinajstić information content (AvgIpc) is 2.74. The number of hydrogen-bond donors (Lipinski definition) is 0. The molecule has 4 atom stereocenters. The molecule has 1 aliphatic carbocycles. The number of halogens is 1. The Hall–Kier alpha value is -1.06. The van der Waals surface area contributed by atoms with Crippen LogP contribution in [0.4, 0.5) is 0 Å². The Morgan fingerprint density at radius 3 is 2.65 bits per heavy atom. The van der Waals surface area contributed by atoms with Gasteiger partial charge < -0.3 is 9.64 Å². The van der Waals surface area contributed by atoms with Crippen molar-refractivity contribution in [3.8, 4) is 0 Å². The van der Waals surface area contributed by atoms with E-state index < -0.39 is 0 Å². The molecule has 2 unspecified atom stereocenters. The highest BCUT2D eigenvalue weighted by Crippen LogP contribution is 2.47. The fourth-order valence-corrected chi connectivity index (χ4v) is 4.10. The van der Waals surface area contributed by atoms with Gasteiger partial charge in [-0.15, -0.1) is 0 Å². The number of ether oxygens (including phenoxy) is 1. The van der Waals surface area contributed by atoms with Crippen molar-refractivity contribution in [2.75, 3.05) is 20.7 Å². The van der Waals surface area contributed by atoms with Crippen LogP contribution in [0.25, 0.3) is 0 Å². The van der Waals surface area contributed by atoms with Crippen molar-refractivity contribution in [1.29, 1.82) is 0 Å². The number of benzene rings is 1. The molecule has 3 nitrogen and oxygen atoms in total. The van der Waals surface area contributed by atoms with Gasteiger partial charge in [0, 0.05) is 17.6 Å². The third-order valence-corrected chi connectivity index (χ3v) is 5.21. The highest BCUT2D eigenvalue weighted by Gasteiger charge is 2.48. The van der Waals surface area contributed by atoms with Gasteiger partial charge in [-0.1, -0.05) is 23.7 Å². The molecule has 0 N–H and O–H groups in total. The Morgan fingerprint density at radius 2 is 2.00 bits per heavy atom. The summed E-state index contributed by atoms with van der Waals surface area (Å²) in [6.45, 7) is 0.995. The van der Waals surface area contributed by atoms with Crippen LogP contribution in [0.15, 0.2) is 24.3 Å². The van der Waals surface area contributed by atoms with Crippen molar-refractivity contribution in [3.05, 3.63) is 34.9 Å². The number of carbonyl (C=O) groups is 1. The van der Waals surface area contributed by atoms with Gasteiger partial charge in [-0.2, -0.15) is 0 Å². The largest absolute Gasteiger partial charge is 0.469 e. The molecular formula is C16H20ClNO2. The smallest absolute Gasteiger partial charge is 0.309 e. The Kier molecular flexibility index (Phi) is 3.74. The fourth-order valence-electron chi connectivity index (χ4n) is 3.97. The Labute approximate surface area is 124 Å². The van der Waals surface area contributed by atoms with E-state index >= 15 is 0 Å². The number of carbonyl (C=O) groups excluding carboxylic acids is 1. The summed E-state index contributed by atoms with van der Waals surface area (Å²) in [5.41, 5.74) is 1.20. The van der Waals surface area contributed by atoms with Gasteiger partial charge >= 0.3 is 5.97 Å². The van der Waals surface area contributed by atoms with E-state index in [9.17, 15) is 4.79 Å². The Balaban J connectivity index is 1.94. The lowest BCUT2D eigenvalue weighted by Crippen LogP contribution is -2.36. The number of hydrogen-bond acceptors (Lipinski definition) is 3. The molecule has 0 aromatic heterocycles. The number of rotatable bonds is 2. The van der Waals surface area contributed by atoms with Crippen molar-refractivity contribution in [2.45, 2.75) is 24.8 Å². The van der Waals surface area contributed by atoms with E-state index in [1.54, 1.807) is 0 Å². The Morgan fingerprint density at radius 1 is 1.30 bits per heavy atom. The minimum atomic E-state index is -0.0660. The first kappa shape index (κ1) is 13.9. The lowest BCUT2D eigenvalue weighted by molar-refractivity contribution is -0.148. The van der Waals surface area contributed by atoms with Gasteiger partial charge in [0.05, 0.1) is 13.0 Å². The SMILES string of the molecule is COC(=O)C1C(c2ccc(Cl)cc2)C[C@@H]2C[C@H]1CN2C. The lowest BCUT2D eigenvalue weighted by atomic mass is 9.70. The molecule has 0 spiro atoms. The standard InChI is InChI=1S/C16H20ClNO2/c1-18-9-11-7-13(18)8-14(15(11)16(19)20-2)10-3-5-12(17)6-4-10/h3-6,11,13-15H,7-9H2,1-2H3/t11-,13-,14?,15?/m0/s1. The first-order chi connectivity index (χ1) is 9.60. The molecule has 0 amide bonds. The van der Waals surface area contributed by atoms with Crippen LogP contribution < -0.4 is 0 Å². The average molecular weight is 294 g/mol. The van der Waals surface area contributed by atoms with Crippen LogP contribution in [0.2, 0.25) is 5.02 Å². The first-order valence-electron chi connectivity index (χ1n) is 7.13. The molecule has 1 aromatic rings. The van der Waals surface area contributed by atoms with Gasteiger partial charge in [-0.25, -0.2) is 0 Å². The molecule has 2 fully saturated rings. The van der Waals surface area contributed by atoms with Crippen LogP contribution in [0, 0.1) is 11.8 Å². The summed E-state index contributed by atoms with van der Waals surface area (Å²) < 4.78 is 5.07. The molecule has 1 aromatic carbocycles. The molecule has 2 aliphatic rings. The maximum atomic E-state index is 12.2. The summed E-state index contributed by atoms with van der Waals surface area (Å²) in [4.78, 5) is 14.6. The van der Waals surface area contributed by atoms with Gasteiger partial charge in [0.25, 0.3) is 0 Å². The number of likely N-dealkylation sites (tertiary alicyclic amines) is 1. The van der Waals surface area contributed by atoms with Crippen LogP contribution in [-0.4, -0.2) is 37.6 Å². The van der Waals surface area contributed by atoms with Crippen LogP contribution >= 0.6 is 11.6 Å². The highest BCUT2D eigenvalue weighted by molar-refractivity contribution is 6.30. The van der Waals surface area contributed by atoms with E-state index in [2.05, 4.69) is 11.9 Å². The molecule has 1 saturated heterocycles. The maximum Gasteiger partial charge on any atom is 0.309 e. The molecule has 2 bridgehead atoms. The van der Waals surface area contributed by atoms with Gasteiger partial charge in [0.1, 0.15) is 0 Å². The number of esters is 1. The van der Waals surface area contributed by atoms with Crippen molar-refractivity contribution in [3.63, 3.8) is 0 Å². The van der Waals surface area contributed by atoms with Crippen LogP contribution in [0.5, 0.6) is 0 Å². The zero-order valence-corrected chi connectivity index (χ0v) is 12.6. The maximum absolute atomic E-state index is 12.2. The van der Waals surface area contributed by atoms with E-state index in [-0.39, 0.29) is 17.8 Å². The van der Waals surface area contributed by atoms with Gasteiger partial charge in [0.15, 0.2) is 0 Å². The summed E-state index contributed by atoms with van der Waals surface area (Å²) in [6, 6.07) is 8.50. The minimum Gasteiger partial charge on any atom is -0.469 e. The molecule has 20 heavy (non-hydrogen) atoms. The van der Waals surface area contributed by atoms with E-state index in [1.807, 2.05) is 24.3 Å². The zero-order valence-electron chi connectivity index (χ0n) is 11.9. The van der Waals surface area contributed by atoms with Crippen LogP contribution in [0.3, 0.4) is 0 Å². The normalized spacial score (nSPS) is 33.1. The number of methoxy groups -OCH3 is 1. The van der Waals surface area contributed by atoms with Crippen LogP contribution in [-0.2, 0) is 9.53 Å². The first-order valence-corrected chi connectivity index (χ1v) is 7.51. The fraction of sp³-hybridized carbons (Fsp3) is 0.562. The predicted molar refractivity (Wildman–Crippen MR) is 78.8 cm³/mol. The monoisotopic (exact) mass is 293 g/mol. The molecule has 108 valence electrons. The van der Waals surface area contributed by atoms with Crippen molar-refractivity contribution in [2.24, 2.45) is 11.8 Å². The van der Waals surface area contributed by atoms with E-state index in [1.165, 1.54) is 12.7 Å². The summed E-state index contributed by atoms with van der Waals surface area (Å²) in [5.74, 6) is 0.561. The molecule has 1 saturated carbocycles. The number of fused-ring (bicyclic) bond motifs is 2. The van der Waals surface area contributed by atoms with E-state index in [4.69, 9.17) is 16.3 Å². The van der Waals surface area contributed by atoms with Gasteiger partial charge in [-0.05, 0) is 49.4 Å². The summed E-state index contributed by atoms with van der Waals surface area (Å²) >= 11 is 5.97. The minimum absolute atomic E-state index is 0.0256. The Bertz CT molecular complexity index is 500. The number of nitrogens with zero attached hydrogens (tertiary/aromatic N) is 1. The van der Waals surface area contributed by atoms with E-state index in [0.29, 0.717) is 12.0 Å². The molecular weight excluding hydrogens is 274 g/mol. The third kappa shape index (κ3) is 2.33. The van der Waals surface area contributed by atoms with Crippen molar-refractivity contribution < 1.29 is 9.53 Å². The van der Waals surface area contributed by atoms with E-state index in [0.717, 1.165) is 24.4 Å². The second-order valence-electron chi connectivity index (χ2n) is 6.03. The second-order valence-corrected chi connectivity index (χ2v) is 6.47. The third-order valence-electron chi connectivity index (χ3n) is 4.96. The summed E-state index contributed by atoms with van der Waals surface area (Å²) in [5, 5.41) is 0.735. The van der Waals surface area contributed by atoms with Gasteiger partial charge in [-0.3, -0.25) is 4.79 Å². The topological polar surface area (TPSA) is 29.5 Å². The molecule has 1 heterocycles. The lowest BCUT2D eigenvalue weighted by Gasteiger charge is -2.35. The predicted octanol–water partition coefficient (Wildman–Crippen LogP) is 2.94. The summed E-state index contributed by atoms with van der Waals surface area (Å²) in [6.07, 6.45) is 2.13. The van der Waals surface area contributed by atoms with Crippen molar-refractivity contribution >= 4 is 17.6 Å². The second kappa shape index (κ2) is 5.38. The zero-order chi connectivity index (χ0) is 14.3. The quantitative estimate of drug-likeness (QED) is 0.785. The molecule has 1 aliphatic heterocycles. The molecule has 3 rings (SSSR count). The van der Waals surface area contributed by atoms with Crippen molar-refractivity contribution in [1.82, 2.24) is 4.90 Å². The summed E-state index contributed by atoms with van der Waals surface area (Å²) in [7, 11) is 3.65.